The van der Waals surface area contributed by atoms with Gasteiger partial charge in [-0.3, -0.25) is 4.79 Å². The summed E-state index contributed by atoms with van der Waals surface area (Å²) in [6, 6.07) is -0.710. The molecule has 0 radical (unpaired) electrons. The third-order valence-corrected chi connectivity index (χ3v) is 11.2. The number of rotatable bonds is 38. The lowest BCUT2D eigenvalue weighted by molar-refractivity contribution is -0.302. The van der Waals surface area contributed by atoms with Gasteiger partial charge in [0, 0.05) is 6.42 Å². The van der Waals surface area contributed by atoms with Gasteiger partial charge >= 0.3 is 0 Å². The first-order valence-corrected chi connectivity index (χ1v) is 22.7. The maximum atomic E-state index is 12.9. The summed E-state index contributed by atoms with van der Waals surface area (Å²) in [7, 11) is 0. The molecule has 1 heterocycles. The van der Waals surface area contributed by atoms with E-state index in [1.54, 1.807) is 0 Å². The molecular formula is C44H87NO8. The Labute approximate surface area is 325 Å². The van der Waals surface area contributed by atoms with E-state index in [0.29, 0.717) is 12.8 Å². The highest BCUT2D eigenvalue weighted by molar-refractivity contribution is 5.76. The van der Waals surface area contributed by atoms with E-state index in [4.69, 9.17) is 9.47 Å². The fourth-order valence-corrected chi connectivity index (χ4v) is 7.51. The number of aliphatic hydroxyl groups is 5. The van der Waals surface area contributed by atoms with Crippen LogP contribution in [0.2, 0.25) is 0 Å². The van der Waals surface area contributed by atoms with Gasteiger partial charge < -0.3 is 40.3 Å². The number of nitrogens with one attached hydrogen (secondary N) is 1. The Bertz CT molecular complexity index is 801. The summed E-state index contributed by atoms with van der Waals surface area (Å²) in [5.41, 5.74) is 0. The maximum Gasteiger partial charge on any atom is 0.220 e. The molecule has 9 nitrogen and oxygen atoms in total. The van der Waals surface area contributed by atoms with Gasteiger partial charge in [0.2, 0.25) is 5.91 Å². The second-order valence-electron chi connectivity index (χ2n) is 16.2. The topological polar surface area (TPSA) is 149 Å². The fourth-order valence-electron chi connectivity index (χ4n) is 7.51. The summed E-state index contributed by atoms with van der Waals surface area (Å²) in [5, 5.41) is 54.2. The lowest BCUT2D eigenvalue weighted by Crippen LogP contribution is -2.60. The van der Waals surface area contributed by atoms with Gasteiger partial charge in [-0.2, -0.15) is 0 Å². The van der Waals surface area contributed by atoms with Crippen LogP contribution in [-0.4, -0.2) is 87.5 Å². The molecular weight excluding hydrogens is 670 g/mol. The van der Waals surface area contributed by atoms with E-state index in [-0.39, 0.29) is 12.5 Å². The van der Waals surface area contributed by atoms with Crippen molar-refractivity contribution in [1.29, 1.82) is 0 Å². The van der Waals surface area contributed by atoms with E-state index in [1.165, 1.54) is 154 Å². The van der Waals surface area contributed by atoms with Crippen molar-refractivity contribution in [2.24, 2.45) is 0 Å². The molecule has 2 unspecified atom stereocenters. The van der Waals surface area contributed by atoms with E-state index in [9.17, 15) is 30.3 Å². The minimum Gasteiger partial charge on any atom is -0.394 e. The smallest absolute Gasteiger partial charge is 0.220 e. The molecule has 0 saturated carbocycles. The first kappa shape index (κ1) is 50.2. The van der Waals surface area contributed by atoms with Crippen molar-refractivity contribution in [3.63, 3.8) is 0 Å². The van der Waals surface area contributed by atoms with Gasteiger partial charge in [-0.25, -0.2) is 0 Å². The molecule has 1 aliphatic heterocycles. The summed E-state index contributed by atoms with van der Waals surface area (Å²) in [6.07, 6.45) is 31.1. The minimum absolute atomic E-state index is 0.132. The SMILES string of the molecule is CCCCCCCCCCCCCCCCCCCCCC(=O)N[C@@H](CO[C@@H]1O[C@H](CO)[C@@H](O)C(O)C1O)[C@H](O)CCCCCCCCCCCCC. The first-order valence-electron chi connectivity index (χ1n) is 22.7. The van der Waals surface area contributed by atoms with Gasteiger partial charge in [0.1, 0.15) is 24.4 Å². The molecule has 1 aliphatic rings. The number of carbonyl (C=O) groups is 1. The van der Waals surface area contributed by atoms with E-state index < -0.39 is 49.5 Å². The summed E-state index contributed by atoms with van der Waals surface area (Å²) in [4.78, 5) is 12.9. The van der Waals surface area contributed by atoms with Crippen LogP contribution in [0.15, 0.2) is 0 Å². The lowest BCUT2D eigenvalue weighted by atomic mass is 9.99. The van der Waals surface area contributed by atoms with Gasteiger partial charge in [-0.15, -0.1) is 0 Å². The molecule has 0 spiro atoms. The monoisotopic (exact) mass is 758 g/mol. The number of unbranched alkanes of at least 4 members (excludes halogenated alkanes) is 28. The molecule has 0 bridgehead atoms. The zero-order valence-electron chi connectivity index (χ0n) is 34.5. The third-order valence-electron chi connectivity index (χ3n) is 11.2. The molecule has 316 valence electrons. The molecule has 7 atom stereocenters. The number of carbonyl (C=O) groups excluding carboxylic acids is 1. The van der Waals surface area contributed by atoms with Crippen LogP contribution in [0.5, 0.6) is 0 Å². The highest BCUT2D eigenvalue weighted by atomic mass is 16.7. The van der Waals surface area contributed by atoms with E-state index in [0.717, 1.165) is 38.5 Å². The van der Waals surface area contributed by atoms with Gasteiger partial charge in [-0.1, -0.05) is 200 Å². The minimum atomic E-state index is -1.55. The van der Waals surface area contributed by atoms with Crippen molar-refractivity contribution in [3.05, 3.63) is 0 Å². The predicted molar refractivity (Wildman–Crippen MR) is 217 cm³/mol. The highest BCUT2D eigenvalue weighted by Gasteiger charge is 2.44. The molecule has 0 aromatic carbocycles. The van der Waals surface area contributed by atoms with Crippen LogP contribution < -0.4 is 5.32 Å². The second-order valence-corrected chi connectivity index (χ2v) is 16.2. The van der Waals surface area contributed by atoms with E-state index in [2.05, 4.69) is 19.2 Å². The Morgan fingerprint density at radius 2 is 0.943 bits per heavy atom. The third kappa shape index (κ3) is 26.6. The Kier molecular flexibility index (Phi) is 33.7. The Balaban J connectivity index is 2.28. The lowest BCUT2D eigenvalue weighted by Gasteiger charge is -2.40. The fraction of sp³-hybridized carbons (Fsp3) is 0.977. The molecule has 6 N–H and O–H groups in total. The van der Waals surface area contributed by atoms with Crippen LogP contribution in [0.1, 0.15) is 219 Å². The predicted octanol–water partition coefficient (Wildman–Crippen LogP) is 9.17. The molecule has 1 rings (SSSR count). The zero-order valence-corrected chi connectivity index (χ0v) is 34.5. The average Bonchev–Trinajstić information content (AvgIpc) is 3.16. The number of aliphatic hydroxyl groups excluding tert-OH is 5. The number of amides is 1. The average molecular weight is 758 g/mol. The van der Waals surface area contributed by atoms with E-state index >= 15 is 0 Å². The number of hydrogen-bond donors (Lipinski definition) is 6. The summed E-state index contributed by atoms with van der Waals surface area (Å²) >= 11 is 0. The molecule has 53 heavy (non-hydrogen) atoms. The van der Waals surface area contributed by atoms with Crippen molar-refractivity contribution in [1.82, 2.24) is 5.32 Å². The van der Waals surface area contributed by atoms with Crippen LogP contribution in [0.25, 0.3) is 0 Å². The van der Waals surface area contributed by atoms with Gasteiger partial charge in [-0.05, 0) is 12.8 Å². The molecule has 0 aliphatic carbocycles. The van der Waals surface area contributed by atoms with Gasteiger partial charge in [0.15, 0.2) is 6.29 Å². The summed E-state index contributed by atoms with van der Waals surface area (Å²) in [5.74, 6) is -0.141. The van der Waals surface area contributed by atoms with Crippen molar-refractivity contribution < 1.29 is 39.8 Å². The van der Waals surface area contributed by atoms with Crippen LogP contribution in [0.4, 0.5) is 0 Å². The number of ether oxygens (including phenoxy) is 2. The molecule has 1 amide bonds. The molecule has 0 aromatic rings. The van der Waals surface area contributed by atoms with Crippen molar-refractivity contribution in [2.45, 2.75) is 262 Å². The Hall–Kier alpha value is -0.810. The summed E-state index contributed by atoms with van der Waals surface area (Å²) in [6.45, 7) is 3.83. The molecule has 9 heteroatoms. The first-order chi connectivity index (χ1) is 25.8. The summed E-state index contributed by atoms with van der Waals surface area (Å²) < 4.78 is 11.2. The second kappa shape index (κ2) is 35.6. The standard InChI is InChI=1S/C44H87NO8/c1-3-5-7-9-11-13-15-16-17-18-19-20-21-22-24-26-28-30-32-34-40(48)45-37(36-52-44-43(51)42(50)41(49)39(35-46)53-44)38(47)33-31-29-27-25-23-14-12-10-8-6-4-2/h37-39,41-44,46-47,49-51H,3-36H2,1-2H3,(H,45,48)/t37-,38+,39+,41+,42?,43?,44+/m0/s1. The van der Waals surface area contributed by atoms with Crippen LogP contribution in [0.3, 0.4) is 0 Å². The largest absolute Gasteiger partial charge is 0.394 e. The normalized spacial score (nSPS) is 21.5. The zero-order chi connectivity index (χ0) is 38.8. The van der Waals surface area contributed by atoms with Gasteiger partial charge in [0.05, 0.1) is 25.4 Å². The highest BCUT2D eigenvalue weighted by Crippen LogP contribution is 2.23. The Morgan fingerprint density at radius 3 is 1.34 bits per heavy atom. The Morgan fingerprint density at radius 1 is 0.566 bits per heavy atom. The molecule has 0 aromatic heterocycles. The van der Waals surface area contributed by atoms with Crippen LogP contribution in [-0.2, 0) is 14.3 Å². The maximum absolute atomic E-state index is 12.9. The molecule has 1 saturated heterocycles. The molecule has 1 fully saturated rings. The van der Waals surface area contributed by atoms with E-state index in [1.807, 2.05) is 0 Å². The van der Waals surface area contributed by atoms with Crippen molar-refractivity contribution >= 4 is 5.91 Å². The number of hydrogen-bond acceptors (Lipinski definition) is 8. The van der Waals surface area contributed by atoms with Crippen molar-refractivity contribution in [2.75, 3.05) is 13.2 Å². The quantitative estimate of drug-likeness (QED) is 0.0342. The van der Waals surface area contributed by atoms with Crippen LogP contribution >= 0.6 is 0 Å². The van der Waals surface area contributed by atoms with Gasteiger partial charge in [0.25, 0.3) is 0 Å². The van der Waals surface area contributed by atoms with Crippen molar-refractivity contribution in [3.8, 4) is 0 Å². The van der Waals surface area contributed by atoms with Crippen LogP contribution in [0, 0.1) is 0 Å².